The van der Waals surface area contributed by atoms with Crippen LogP contribution in [0.1, 0.15) is 134 Å². The average Bonchev–Trinajstić information content (AvgIpc) is 3.73. The molecule has 0 saturated carbocycles. The Morgan fingerprint density at radius 3 is 2.10 bits per heavy atom. The van der Waals surface area contributed by atoms with Gasteiger partial charge in [0.1, 0.15) is 6.10 Å². The molecule has 0 radical (unpaired) electrons. The van der Waals surface area contributed by atoms with Gasteiger partial charge in [-0.2, -0.15) is 0 Å². The van der Waals surface area contributed by atoms with Crippen LogP contribution in [0.2, 0.25) is 0 Å². The van der Waals surface area contributed by atoms with Gasteiger partial charge >= 0.3 is 5.97 Å². The number of aliphatic hydroxyl groups is 2. The smallest absolute Gasteiger partial charge is 0.305 e. The first-order valence-corrected chi connectivity index (χ1v) is 16.8. The number of hydrogen-bond acceptors (Lipinski definition) is 8. The second kappa shape index (κ2) is 24.5. The number of carbonyl (C=O) groups excluding carboxylic acids is 1. The summed E-state index contributed by atoms with van der Waals surface area (Å²) in [7, 11) is 3.11. The Kier molecular flexibility index (Phi) is 25.3. The highest BCUT2D eigenvalue weighted by Crippen LogP contribution is 2.47. The zero-order valence-corrected chi connectivity index (χ0v) is 29.6. The second-order valence-electron chi connectivity index (χ2n) is 11.8. The zero-order valence-electron chi connectivity index (χ0n) is 29.6. The molecule has 0 bridgehead atoms. The maximum absolute atomic E-state index is 11.6. The Balaban J connectivity index is 0. The van der Waals surface area contributed by atoms with E-state index in [-0.39, 0.29) is 18.2 Å². The Bertz CT molecular complexity index is 647. The van der Waals surface area contributed by atoms with Crippen molar-refractivity contribution >= 4 is 5.97 Å². The molecule has 0 aliphatic carbocycles. The summed E-state index contributed by atoms with van der Waals surface area (Å²) in [5.74, 6) is 2.84. The number of hydrogen-bond donors (Lipinski definition) is 2. The van der Waals surface area contributed by atoms with E-state index in [9.17, 15) is 9.90 Å². The predicted molar refractivity (Wildman–Crippen MR) is 171 cm³/mol. The minimum absolute atomic E-state index is 0.0101. The number of unbranched alkanes of at least 4 members (excludes halogenated alkanes) is 2. The van der Waals surface area contributed by atoms with Gasteiger partial charge in [0.15, 0.2) is 12.6 Å². The van der Waals surface area contributed by atoms with Gasteiger partial charge in [-0.25, -0.2) is 0 Å². The third kappa shape index (κ3) is 16.9. The van der Waals surface area contributed by atoms with Crippen molar-refractivity contribution in [3.8, 4) is 0 Å². The third-order valence-electron chi connectivity index (χ3n) is 8.78. The van der Waals surface area contributed by atoms with Crippen molar-refractivity contribution in [1.82, 2.24) is 0 Å². The molecule has 3 fully saturated rings. The van der Waals surface area contributed by atoms with Gasteiger partial charge in [0, 0.05) is 20.6 Å². The quantitative estimate of drug-likeness (QED) is 0.137. The van der Waals surface area contributed by atoms with Crippen LogP contribution in [-0.4, -0.2) is 67.6 Å². The number of aliphatic hydroxyl groups excluding tert-OH is 2. The largest absolute Gasteiger partial charge is 0.466 e. The lowest BCUT2D eigenvalue weighted by molar-refractivity contribution is -0.184. The van der Waals surface area contributed by atoms with Crippen LogP contribution < -0.4 is 0 Å². The summed E-state index contributed by atoms with van der Waals surface area (Å²) in [6.07, 6.45) is 7.11. The number of epoxide rings is 1. The van der Waals surface area contributed by atoms with Crippen molar-refractivity contribution in [1.29, 1.82) is 0 Å². The van der Waals surface area contributed by atoms with Crippen LogP contribution in [0, 0.1) is 29.6 Å². The maximum atomic E-state index is 11.6. The fraction of sp³-hybridized carbons (Fsp3) is 0.971. The maximum Gasteiger partial charge on any atom is 0.305 e. The van der Waals surface area contributed by atoms with Crippen LogP contribution in [0.4, 0.5) is 0 Å². The Morgan fingerprint density at radius 2 is 1.55 bits per heavy atom. The second-order valence-corrected chi connectivity index (χ2v) is 11.8. The number of carbonyl (C=O) groups is 1. The highest BCUT2D eigenvalue weighted by atomic mass is 16.8. The average molecular weight is 607 g/mol. The number of esters is 1. The molecule has 3 heterocycles. The van der Waals surface area contributed by atoms with Crippen molar-refractivity contribution < 1.29 is 38.7 Å². The number of methoxy groups -OCH3 is 2. The van der Waals surface area contributed by atoms with E-state index < -0.39 is 18.4 Å². The normalized spacial score (nSPS) is 35.1. The molecule has 3 saturated heterocycles. The van der Waals surface area contributed by atoms with E-state index in [2.05, 4.69) is 46.3 Å². The van der Waals surface area contributed by atoms with Gasteiger partial charge < -0.3 is 33.9 Å². The number of ether oxygens (including phenoxy) is 5. The van der Waals surface area contributed by atoms with Crippen LogP contribution in [0.15, 0.2) is 0 Å². The van der Waals surface area contributed by atoms with Gasteiger partial charge in [0.2, 0.25) is 5.79 Å². The molecule has 0 spiro atoms. The summed E-state index contributed by atoms with van der Waals surface area (Å²) in [5.41, 5.74) is 0. The van der Waals surface area contributed by atoms with E-state index in [1.165, 1.54) is 26.4 Å². The van der Waals surface area contributed by atoms with Gasteiger partial charge in [-0.15, -0.1) is 0 Å². The van der Waals surface area contributed by atoms with E-state index >= 15 is 0 Å². The van der Waals surface area contributed by atoms with E-state index in [4.69, 9.17) is 24.1 Å². The van der Waals surface area contributed by atoms with Gasteiger partial charge in [-0.1, -0.05) is 82.1 Å². The first kappa shape index (κ1) is 43.4. The predicted octanol–water partition coefficient (Wildman–Crippen LogP) is 7.72. The van der Waals surface area contributed by atoms with Gasteiger partial charge in [-0.3, -0.25) is 4.79 Å². The summed E-state index contributed by atoms with van der Waals surface area (Å²) in [6.45, 7) is 24.2. The molecular weight excluding hydrogens is 536 g/mol. The van der Waals surface area contributed by atoms with E-state index in [0.717, 1.165) is 31.6 Å². The molecule has 0 aromatic rings. The highest BCUT2D eigenvalue weighted by Gasteiger charge is 2.64. The first-order chi connectivity index (χ1) is 19.9. The monoisotopic (exact) mass is 607 g/mol. The van der Waals surface area contributed by atoms with E-state index in [0.29, 0.717) is 43.1 Å². The Morgan fingerprint density at radius 1 is 0.929 bits per heavy atom. The molecule has 254 valence electrons. The van der Waals surface area contributed by atoms with Gasteiger partial charge in [0.25, 0.3) is 0 Å². The molecule has 0 amide bonds. The first-order valence-electron chi connectivity index (χ1n) is 16.8. The molecule has 10 unspecified atom stereocenters. The van der Waals surface area contributed by atoms with Crippen molar-refractivity contribution in [2.75, 3.05) is 20.8 Å². The molecule has 8 nitrogen and oxygen atoms in total. The lowest BCUT2D eigenvalue weighted by atomic mass is 9.76. The molecule has 3 aliphatic rings. The number of rotatable bonds is 6. The summed E-state index contributed by atoms with van der Waals surface area (Å²) in [5, 5.41) is 18.1. The Labute approximate surface area is 259 Å². The summed E-state index contributed by atoms with van der Waals surface area (Å²) in [4.78, 5) is 11.6. The van der Waals surface area contributed by atoms with Crippen LogP contribution in [0.5, 0.6) is 0 Å². The number of fused-ring (bicyclic) bond motifs is 1. The lowest BCUT2D eigenvalue weighted by Crippen LogP contribution is -2.39. The molecule has 10 atom stereocenters. The minimum Gasteiger partial charge on any atom is -0.466 e. The van der Waals surface area contributed by atoms with E-state index in [1.54, 1.807) is 7.11 Å². The van der Waals surface area contributed by atoms with E-state index in [1.807, 2.05) is 34.6 Å². The van der Waals surface area contributed by atoms with Crippen molar-refractivity contribution in [2.45, 2.75) is 165 Å². The molecular formula is C34H70O8. The molecule has 0 aromatic carbocycles. The van der Waals surface area contributed by atoms with Crippen LogP contribution in [0.25, 0.3) is 0 Å². The molecule has 42 heavy (non-hydrogen) atoms. The molecule has 8 heteroatoms. The van der Waals surface area contributed by atoms with Gasteiger partial charge in [0.05, 0.1) is 19.1 Å². The van der Waals surface area contributed by atoms with Crippen molar-refractivity contribution in [3.05, 3.63) is 0 Å². The standard InChI is InChI=1S/C16H30O2.C7H12O4.C7H16O2.2C2H6/c1-11-8-9-18-16(17)7-6-12(2)15(5)14(4)10-13(11)3;1-4-6-7(9-2,11-6)3-5(8)10-4;1-3-4-5-6-7(8)9-2;2*1-2/h11-15H,6-10H2,1-5H3;4-6,8H,3H2,1-2H3;7-8H,3-6H2,1-2H3;2*1-2H3. The van der Waals surface area contributed by atoms with Crippen LogP contribution >= 0.6 is 0 Å². The highest BCUT2D eigenvalue weighted by molar-refractivity contribution is 5.69. The number of cyclic esters (lactones) is 1. The third-order valence-corrected chi connectivity index (χ3v) is 8.78. The molecule has 0 aromatic heterocycles. The van der Waals surface area contributed by atoms with Crippen molar-refractivity contribution in [3.63, 3.8) is 0 Å². The van der Waals surface area contributed by atoms with Crippen molar-refractivity contribution in [2.24, 2.45) is 29.6 Å². The summed E-state index contributed by atoms with van der Waals surface area (Å²) < 4.78 is 25.5. The van der Waals surface area contributed by atoms with Crippen LogP contribution in [-0.2, 0) is 28.5 Å². The Hall–Kier alpha value is -0.770. The zero-order chi connectivity index (χ0) is 32.9. The summed E-state index contributed by atoms with van der Waals surface area (Å²) in [6, 6.07) is 0. The molecule has 3 aliphatic heterocycles. The lowest BCUT2D eigenvalue weighted by Gasteiger charge is -2.31. The van der Waals surface area contributed by atoms with Crippen LogP contribution in [0.3, 0.4) is 0 Å². The minimum atomic E-state index is -0.747. The van der Waals surface area contributed by atoms with Gasteiger partial charge in [-0.05, 0) is 68.6 Å². The molecule has 3 rings (SSSR count). The summed E-state index contributed by atoms with van der Waals surface area (Å²) >= 11 is 0. The fourth-order valence-electron chi connectivity index (χ4n) is 5.26. The topological polar surface area (TPSA) is 107 Å². The SMILES string of the molecule is CC.CC.CC1CCOC(=O)CCC(C)C(C)C(C)CC1C.CCCCCC(O)OC.COC12CC(O)OC(C)C1O2. The fourth-order valence-corrected chi connectivity index (χ4v) is 5.26. The molecule has 2 N–H and O–H groups in total.